The molecule has 5 heteroatoms. The summed E-state index contributed by atoms with van der Waals surface area (Å²) in [4.78, 5) is 15.0. The zero-order valence-electron chi connectivity index (χ0n) is 14.3. The van der Waals surface area contributed by atoms with Crippen LogP contribution in [0.4, 0.5) is 0 Å². The fourth-order valence-corrected chi connectivity index (χ4v) is 3.60. The Balaban J connectivity index is 1.61. The first kappa shape index (κ1) is 15.8. The molecule has 128 valence electrons. The summed E-state index contributed by atoms with van der Waals surface area (Å²) in [7, 11) is 1.68. The second kappa shape index (κ2) is 6.69. The van der Waals surface area contributed by atoms with Crippen molar-refractivity contribution in [3.63, 3.8) is 0 Å². The summed E-state index contributed by atoms with van der Waals surface area (Å²) in [5, 5.41) is 5.97. The van der Waals surface area contributed by atoms with Crippen LogP contribution in [0.1, 0.15) is 24.4 Å². The molecule has 1 aromatic heterocycles. The van der Waals surface area contributed by atoms with Crippen molar-refractivity contribution in [1.29, 1.82) is 0 Å². The van der Waals surface area contributed by atoms with Gasteiger partial charge in [-0.2, -0.15) is 5.10 Å². The van der Waals surface area contributed by atoms with E-state index >= 15 is 0 Å². The van der Waals surface area contributed by atoms with Crippen LogP contribution in [0.15, 0.2) is 59.5 Å². The van der Waals surface area contributed by atoms with E-state index in [0.717, 1.165) is 35.9 Å². The molecule has 1 fully saturated rings. The summed E-state index contributed by atoms with van der Waals surface area (Å²) in [5.74, 6) is 0.862. The smallest absolute Gasteiger partial charge is 0.275 e. The molecule has 3 aromatic rings. The van der Waals surface area contributed by atoms with Crippen molar-refractivity contribution in [2.75, 3.05) is 13.7 Å². The first-order valence-electron chi connectivity index (χ1n) is 8.59. The minimum atomic E-state index is -0.0292. The van der Waals surface area contributed by atoms with Crippen LogP contribution in [-0.4, -0.2) is 28.3 Å². The molecule has 1 saturated heterocycles. The number of methoxy groups -OCH3 is 1. The van der Waals surface area contributed by atoms with E-state index in [1.165, 1.54) is 5.56 Å². The number of benzene rings is 2. The third kappa shape index (κ3) is 3.03. The fourth-order valence-electron chi connectivity index (χ4n) is 3.60. The minimum Gasteiger partial charge on any atom is -0.497 e. The Labute approximate surface area is 146 Å². The average molecular weight is 335 g/mol. The molecule has 4 rings (SSSR count). The van der Waals surface area contributed by atoms with Gasteiger partial charge < -0.3 is 4.74 Å². The van der Waals surface area contributed by atoms with Crippen molar-refractivity contribution in [1.82, 2.24) is 14.7 Å². The molecular formula is C20H21N3O2. The van der Waals surface area contributed by atoms with Gasteiger partial charge in [-0.1, -0.05) is 30.3 Å². The predicted molar refractivity (Wildman–Crippen MR) is 97.7 cm³/mol. The molecule has 0 spiro atoms. The highest BCUT2D eigenvalue weighted by Gasteiger charge is 2.26. The topological polar surface area (TPSA) is 47.4 Å². The van der Waals surface area contributed by atoms with Gasteiger partial charge in [0.15, 0.2) is 0 Å². The quantitative estimate of drug-likeness (QED) is 0.735. The summed E-state index contributed by atoms with van der Waals surface area (Å²) in [6.45, 7) is 1.48. The highest BCUT2D eigenvalue weighted by atomic mass is 16.5. The Morgan fingerprint density at radius 3 is 2.76 bits per heavy atom. The predicted octanol–water partition coefficient (Wildman–Crippen LogP) is 3.20. The minimum absolute atomic E-state index is 0.0292. The van der Waals surface area contributed by atoms with E-state index in [-0.39, 0.29) is 5.56 Å². The molecule has 1 atom stereocenters. The van der Waals surface area contributed by atoms with Crippen LogP contribution < -0.4 is 10.3 Å². The lowest BCUT2D eigenvalue weighted by atomic mass is 10.0. The van der Waals surface area contributed by atoms with Gasteiger partial charge in [0.25, 0.3) is 5.56 Å². The Kier molecular flexibility index (Phi) is 4.24. The molecule has 5 nitrogen and oxygen atoms in total. The Morgan fingerprint density at radius 1 is 1.16 bits per heavy atom. The van der Waals surface area contributed by atoms with Crippen molar-refractivity contribution in [3.8, 4) is 5.75 Å². The van der Waals surface area contributed by atoms with Crippen LogP contribution in [0, 0.1) is 0 Å². The Morgan fingerprint density at radius 2 is 1.96 bits per heavy atom. The van der Waals surface area contributed by atoms with Gasteiger partial charge in [-0.05, 0) is 36.6 Å². The SMILES string of the molecule is COc1ccc([C@@H]2CCCN2Cn2ncc3ccccc3c2=O)cc1. The monoisotopic (exact) mass is 335 g/mol. The van der Waals surface area contributed by atoms with Gasteiger partial charge in [0.05, 0.1) is 25.4 Å². The number of hydrogen-bond acceptors (Lipinski definition) is 4. The molecular weight excluding hydrogens is 314 g/mol. The second-order valence-corrected chi connectivity index (χ2v) is 6.42. The maximum Gasteiger partial charge on any atom is 0.275 e. The summed E-state index contributed by atoms with van der Waals surface area (Å²) in [5.41, 5.74) is 1.23. The van der Waals surface area contributed by atoms with Gasteiger partial charge >= 0.3 is 0 Å². The molecule has 0 radical (unpaired) electrons. The van der Waals surface area contributed by atoms with Gasteiger partial charge in [-0.3, -0.25) is 9.69 Å². The van der Waals surface area contributed by atoms with E-state index in [9.17, 15) is 4.79 Å². The van der Waals surface area contributed by atoms with Gasteiger partial charge in [-0.25, -0.2) is 4.68 Å². The maximum absolute atomic E-state index is 12.7. The standard InChI is InChI=1S/C20H21N3O2/c1-25-17-10-8-15(9-11-17)19-7-4-12-22(19)14-23-20(24)18-6-3-2-5-16(18)13-21-23/h2-3,5-6,8-11,13,19H,4,7,12,14H2,1H3/t19-/m0/s1. The van der Waals surface area contributed by atoms with Crippen LogP contribution in [0.5, 0.6) is 5.75 Å². The third-order valence-electron chi connectivity index (χ3n) is 4.94. The van der Waals surface area contributed by atoms with Crippen LogP contribution in [0.25, 0.3) is 10.8 Å². The average Bonchev–Trinajstić information content (AvgIpc) is 3.12. The van der Waals surface area contributed by atoms with Gasteiger partial charge in [0.1, 0.15) is 5.75 Å². The maximum atomic E-state index is 12.7. The van der Waals surface area contributed by atoms with Crippen LogP contribution >= 0.6 is 0 Å². The van der Waals surface area contributed by atoms with Gasteiger partial charge in [0, 0.05) is 18.0 Å². The van der Waals surface area contributed by atoms with Gasteiger partial charge in [0.2, 0.25) is 0 Å². The fraction of sp³-hybridized carbons (Fsp3) is 0.300. The summed E-state index contributed by atoms with van der Waals surface area (Å²) >= 11 is 0. The number of ether oxygens (including phenoxy) is 1. The van der Waals surface area contributed by atoms with E-state index in [1.807, 2.05) is 36.4 Å². The lowest BCUT2D eigenvalue weighted by Gasteiger charge is -2.25. The van der Waals surface area contributed by atoms with E-state index in [4.69, 9.17) is 4.74 Å². The normalized spacial score (nSPS) is 17.9. The molecule has 0 N–H and O–H groups in total. The Bertz CT molecular complexity index is 934. The number of nitrogens with zero attached hydrogens (tertiary/aromatic N) is 3. The molecule has 1 aliphatic rings. The van der Waals surface area contributed by atoms with Gasteiger partial charge in [-0.15, -0.1) is 0 Å². The summed E-state index contributed by atoms with van der Waals surface area (Å²) < 4.78 is 6.82. The van der Waals surface area contributed by atoms with Crippen molar-refractivity contribution in [2.24, 2.45) is 0 Å². The first-order valence-corrected chi connectivity index (χ1v) is 8.59. The molecule has 0 saturated carbocycles. The summed E-state index contributed by atoms with van der Waals surface area (Å²) in [6.07, 6.45) is 3.99. The van der Waals surface area contributed by atoms with E-state index in [2.05, 4.69) is 22.1 Å². The van der Waals surface area contributed by atoms with E-state index < -0.39 is 0 Å². The Hall–Kier alpha value is -2.66. The van der Waals surface area contributed by atoms with Crippen molar-refractivity contribution >= 4 is 10.8 Å². The molecule has 25 heavy (non-hydrogen) atoms. The lowest BCUT2D eigenvalue weighted by Crippen LogP contribution is -2.33. The largest absolute Gasteiger partial charge is 0.497 e. The van der Waals surface area contributed by atoms with Crippen molar-refractivity contribution in [3.05, 3.63) is 70.6 Å². The first-order chi connectivity index (χ1) is 12.3. The molecule has 2 heterocycles. The summed E-state index contributed by atoms with van der Waals surface area (Å²) in [6, 6.07) is 16.1. The second-order valence-electron chi connectivity index (χ2n) is 6.42. The van der Waals surface area contributed by atoms with E-state index in [0.29, 0.717) is 12.7 Å². The van der Waals surface area contributed by atoms with Crippen molar-refractivity contribution in [2.45, 2.75) is 25.6 Å². The number of hydrogen-bond donors (Lipinski definition) is 0. The van der Waals surface area contributed by atoms with Crippen LogP contribution in [0.3, 0.4) is 0 Å². The number of rotatable bonds is 4. The molecule has 0 amide bonds. The lowest BCUT2D eigenvalue weighted by molar-refractivity contribution is 0.187. The molecule has 1 aliphatic heterocycles. The number of likely N-dealkylation sites (tertiary alicyclic amines) is 1. The highest BCUT2D eigenvalue weighted by Crippen LogP contribution is 2.32. The molecule has 2 aromatic carbocycles. The van der Waals surface area contributed by atoms with Crippen LogP contribution in [0.2, 0.25) is 0 Å². The zero-order valence-corrected chi connectivity index (χ0v) is 14.3. The number of aromatic nitrogens is 2. The molecule has 0 aliphatic carbocycles. The number of fused-ring (bicyclic) bond motifs is 1. The zero-order chi connectivity index (χ0) is 17.2. The van der Waals surface area contributed by atoms with Crippen LogP contribution in [-0.2, 0) is 6.67 Å². The van der Waals surface area contributed by atoms with Crippen molar-refractivity contribution < 1.29 is 4.74 Å². The molecule has 0 unspecified atom stereocenters. The van der Waals surface area contributed by atoms with E-state index in [1.54, 1.807) is 18.0 Å². The molecule has 0 bridgehead atoms. The third-order valence-corrected chi connectivity index (χ3v) is 4.94. The highest BCUT2D eigenvalue weighted by molar-refractivity contribution is 5.80.